The topological polar surface area (TPSA) is 66.4 Å². The molecule has 0 unspecified atom stereocenters. The minimum Gasteiger partial charge on any atom is -0.545 e. The van der Waals surface area contributed by atoms with E-state index in [4.69, 9.17) is 0 Å². The predicted octanol–water partition coefficient (Wildman–Crippen LogP) is 1.92. The van der Waals surface area contributed by atoms with Crippen LogP contribution in [0.2, 0.25) is 0 Å². The van der Waals surface area contributed by atoms with E-state index < -0.39 is 24.7 Å². The van der Waals surface area contributed by atoms with Crippen molar-refractivity contribution >= 4 is 22.7 Å². The Kier molecular flexibility index (Phi) is 3.84. The van der Waals surface area contributed by atoms with E-state index in [0.717, 1.165) is 0 Å². The maximum atomic E-state index is 12.1. The number of hydrogen-bond donors (Lipinski definition) is 0. The third-order valence-electron chi connectivity index (χ3n) is 2.71. The largest absolute Gasteiger partial charge is 0.545 e. The average molecular weight is 297 g/mol. The number of carbonyl (C=O) groups is 2. The SMILES string of the molecule is O=C([O-])c1cccc2cccc(C(=O)OCC(F)(F)F)c12. The second-order valence-corrected chi connectivity index (χ2v) is 4.19. The van der Waals surface area contributed by atoms with Gasteiger partial charge in [-0.05, 0) is 11.5 Å². The zero-order chi connectivity index (χ0) is 15.6. The summed E-state index contributed by atoms with van der Waals surface area (Å²) in [5.74, 6) is -2.77. The number of carboxylic acid groups (broad SMARTS) is 1. The normalized spacial score (nSPS) is 11.4. The van der Waals surface area contributed by atoms with Crippen molar-refractivity contribution in [2.24, 2.45) is 0 Å². The van der Waals surface area contributed by atoms with E-state index in [1.807, 2.05) is 0 Å². The second-order valence-electron chi connectivity index (χ2n) is 4.19. The molecule has 2 aromatic carbocycles. The average Bonchev–Trinajstić information content (AvgIpc) is 2.42. The minimum absolute atomic E-state index is 0.00725. The Morgan fingerprint density at radius 2 is 1.62 bits per heavy atom. The van der Waals surface area contributed by atoms with Crippen molar-refractivity contribution in [1.82, 2.24) is 0 Å². The highest BCUT2D eigenvalue weighted by Crippen LogP contribution is 2.24. The Morgan fingerprint density at radius 1 is 1.05 bits per heavy atom. The third-order valence-corrected chi connectivity index (χ3v) is 2.71. The van der Waals surface area contributed by atoms with E-state index in [9.17, 15) is 27.9 Å². The summed E-state index contributed by atoms with van der Waals surface area (Å²) in [6.07, 6.45) is -4.66. The lowest BCUT2D eigenvalue weighted by molar-refractivity contribution is -0.254. The molecule has 0 fully saturated rings. The molecule has 2 rings (SSSR count). The summed E-state index contributed by atoms with van der Waals surface area (Å²) in [7, 11) is 0. The first-order chi connectivity index (χ1) is 9.79. The number of alkyl halides is 3. The zero-order valence-corrected chi connectivity index (χ0v) is 10.4. The molecule has 2 aromatic rings. The van der Waals surface area contributed by atoms with Crippen LogP contribution in [-0.4, -0.2) is 24.7 Å². The lowest BCUT2D eigenvalue weighted by atomic mass is 9.99. The summed E-state index contributed by atoms with van der Waals surface area (Å²) in [6.45, 7) is -1.74. The molecule has 0 aliphatic heterocycles. The van der Waals surface area contributed by atoms with Gasteiger partial charge in [-0.15, -0.1) is 0 Å². The first-order valence-electron chi connectivity index (χ1n) is 5.76. The Balaban J connectivity index is 2.49. The molecule has 0 bridgehead atoms. The number of ether oxygens (including phenoxy) is 1. The summed E-state index contributed by atoms with van der Waals surface area (Å²) in [4.78, 5) is 22.8. The molecule has 0 heterocycles. The number of esters is 1. The maximum Gasteiger partial charge on any atom is 0.422 e. The number of halogens is 3. The fourth-order valence-corrected chi connectivity index (χ4v) is 1.91. The Hall–Kier alpha value is -2.57. The molecule has 110 valence electrons. The lowest BCUT2D eigenvalue weighted by Gasteiger charge is -2.12. The Labute approximate surface area is 116 Å². The van der Waals surface area contributed by atoms with Crippen LogP contribution in [0.5, 0.6) is 0 Å². The van der Waals surface area contributed by atoms with Crippen molar-refractivity contribution in [1.29, 1.82) is 0 Å². The van der Waals surface area contributed by atoms with Crippen LogP contribution < -0.4 is 5.11 Å². The van der Waals surface area contributed by atoms with Gasteiger partial charge in [-0.1, -0.05) is 30.3 Å². The Bertz CT molecular complexity index is 702. The molecule has 7 heteroatoms. The molecule has 0 spiro atoms. The van der Waals surface area contributed by atoms with Crippen LogP contribution >= 0.6 is 0 Å². The van der Waals surface area contributed by atoms with Crippen molar-refractivity contribution < 1.29 is 32.6 Å². The predicted molar refractivity (Wildman–Crippen MR) is 64.6 cm³/mol. The van der Waals surface area contributed by atoms with Gasteiger partial charge in [-0.3, -0.25) is 0 Å². The van der Waals surface area contributed by atoms with E-state index in [2.05, 4.69) is 4.74 Å². The molecule has 21 heavy (non-hydrogen) atoms. The third kappa shape index (κ3) is 3.31. The molecule has 0 aliphatic carbocycles. The van der Waals surface area contributed by atoms with Gasteiger partial charge < -0.3 is 14.6 Å². The summed E-state index contributed by atoms with van der Waals surface area (Å²) in [6, 6.07) is 8.33. The molecule has 0 radical (unpaired) electrons. The van der Waals surface area contributed by atoms with Gasteiger partial charge in [0.25, 0.3) is 0 Å². The number of benzene rings is 2. The molecular weight excluding hydrogens is 289 g/mol. The number of carbonyl (C=O) groups excluding carboxylic acids is 2. The van der Waals surface area contributed by atoms with Crippen molar-refractivity contribution in [2.75, 3.05) is 6.61 Å². The molecule has 4 nitrogen and oxygen atoms in total. The van der Waals surface area contributed by atoms with E-state index in [1.54, 1.807) is 0 Å². The van der Waals surface area contributed by atoms with Crippen LogP contribution in [0, 0.1) is 0 Å². The van der Waals surface area contributed by atoms with E-state index in [-0.39, 0.29) is 16.5 Å². The molecule has 0 saturated carbocycles. The number of rotatable bonds is 3. The first-order valence-corrected chi connectivity index (χ1v) is 5.76. The molecule has 0 aliphatic rings. The lowest BCUT2D eigenvalue weighted by Crippen LogP contribution is -2.24. The standard InChI is InChI=1S/C14H9F3O4/c15-14(16,17)7-21-13(20)10-6-2-4-8-3-1-5-9(11(8)10)12(18)19/h1-6H,7H2,(H,18,19)/p-1. The summed E-state index contributed by atoms with van der Waals surface area (Å²) in [5, 5.41) is 11.4. The maximum absolute atomic E-state index is 12.1. The van der Waals surface area contributed by atoms with Crippen molar-refractivity contribution in [3.8, 4) is 0 Å². The van der Waals surface area contributed by atoms with Gasteiger partial charge in [0.1, 0.15) is 0 Å². The van der Waals surface area contributed by atoms with Crippen molar-refractivity contribution in [3.63, 3.8) is 0 Å². The van der Waals surface area contributed by atoms with Crippen LogP contribution in [0.4, 0.5) is 13.2 Å². The van der Waals surface area contributed by atoms with Crippen LogP contribution in [-0.2, 0) is 4.74 Å². The number of aromatic carboxylic acids is 1. The Morgan fingerprint density at radius 3 is 2.14 bits per heavy atom. The highest BCUT2D eigenvalue weighted by molar-refractivity contribution is 6.12. The van der Waals surface area contributed by atoms with Gasteiger partial charge in [-0.25, -0.2) is 4.79 Å². The van der Waals surface area contributed by atoms with Gasteiger partial charge in [0.15, 0.2) is 6.61 Å². The van der Waals surface area contributed by atoms with Crippen LogP contribution in [0.3, 0.4) is 0 Å². The van der Waals surface area contributed by atoms with Gasteiger partial charge in [0.05, 0.1) is 11.5 Å². The fraction of sp³-hybridized carbons (Fsp3) is 0.143. The van der Waals surface area contributed by atoms with Crippen molar-refractivity contribution in [2.45, 2.75) is 6.18 Å². The summed E-state index contributed by atoms with van der Waals surface area (Å²) < 4.78 is 40.4. The van der Waals surface area contributed by atoms with Crippen LogP contribution in [0.1, 0.15) is 20.7 Å². The van der Waals surface area contributed by atoms with Crippen molar-refractivity contribution in [3.05, 3.63) is 47.5 Å². The summed E-state index contributed by atoms with van der Waals surface area (Å²) in [5.41, 5.74) is -0.538. The number of fused-ring (bicyclic) bond motifs is 1. The zero-order valence-electron chi connectivity index (χ0n) is 10.4. The number of carboxylic acids is 1. The van der Waals surface area contributed by atoms with Gasteiger partial charge in [0, 0.05) is 10.9 Å². The van der Waals surface area contributed by atoms with E-state index in [1.165, 1.54) is 36.4 Å². The van der Waals surface area contributed by atoms with Crippen LogP contribution in [0.25, 0.3) is 10.8 Å². The quantitative estimate of drug-likeness (QED) is 0.812. The molecular formula is C14H8F3O4-. The fourth-order valence-electron chi connectivity index (χ4n) is 1.91. The first kappa shape index (κ1) is 14.8. The molecule has 0 N–H and O–H groups in total. The second kappa shape index (κ2) is 5.43. The molecule has 0 amide bonds. The van der Waals surface area contributed by atoms with Gasteiger partial charge in [0.2, 0.25) is 0 Å². The molecule has 0 atom stereocenters. The summed E-state index contributed by atoms with van der Waals surface area (Å²) >= 11 is 0. The van der Waals surface area contributed by atoms with Gasteiger partial charge in [-0.2, -0.15) is 13.2 Å². The molecule has 0 aromatic heterocycles. The highest BCUT2D eigenvalue weighted by atomic mass is 19.4. The highest BCUT2D eigenvalue weighted by Gasteiger charge is 2.30. The molecule has 0 saturated heterocycles. The monoisotopic (exact) mass is 297 g/mol. The van der Waals surface area contributed by atoms with E-state index >= 15 is 0 Å². The smallest absolute Gasteiger partial charge is 0.422 e. The van der Waals surface area contributed by atoms with Gasteiger partial charge >= 0.3 is 12.1 Å². The minimum atomic E-state index is -4.66. The number of hydrogen-bond acceptors (Lipinski definition) is 4. The van der Waals surface area contributed by atoms with E-state index in [0.29, 0.717) is 5.39 Å². The van der Waals surface area contributed by atoms with Crippen LogP contribution in [0.15, 0.2) is 36.4 Å².